The van der Waals surface area contributed by atoms with Crippen LogP contribution >= 0.6 is 0 Å². The average molecular weight is 291 g/mol. The van der Waals surface area contributed by atoms with Crippen LogP contribution in [0, 0.1) is 0 Å². The van der Waals surface area contributed by atoms with Crippen LogP contribution in [0.2, 0.25) is 0 Å². The molecule has 4 rings (SSSR count). The maximum Gasteiger partial charge on any atom is 0.222 e. The van der Waals surface area contributed by atoms with E-state index in [0.717, 1.165) is 35.4 Å². The van der Waals surface area contributed by atoms with Crippen LogP contribution in [0.1, 0.15) is 12.8 Å². The first kappa shape index (κ1) is 13.0. The Morgan fingerprint density at radius 3 is 2.55 bits per heavy atom. The lowest BCUT2D eigenvalue weighted by Crippen LogP contribution is -2.20. The quantitative estimate of drug-likeness (QED) is 0.786. The van der Waals surface area contributed by atoms with E-state index < -0.39 is 0 Å². The van der Waals surface area contributed by atoms with E-state index in [1.807, 2.05) is 18.2 Å². The summed E-state index contributed by atoms with van der Waals surface area (Å²) in [5.74, 6) is 1.26. The highest BCUT2D eigenvalue weighted by Crippen LogP contribution is 2.33. The Morgan fingerprint density at radius 1 is 1.00 bits per heavy atom. The van der Waals surface area contributed by atoms with Crippen molar-refractivity contribution in [2.45, 2.75) is 12.8 Å². The molecule has 1 fully saturated rings. The van der Waals surface area contributed by atoms with E-state index in [9.17, 15) is 0 Å². The summed E-state index contributed by atoms with van der Waals surface area (Å²) in [6.45, 7) is 2.08. The van der Waals surface area contributed by atoms with Gasteiger partial charge < -0.3 is 10.6 Å². The molecule has 2 N–H and O–H groups in total. The van der Waals surface area contributed by atoms with E-state index in [4.69, 9.17) is 10.7 Å². The minimum atomic E-state index is 0.264. The second-order valence-corrected chi connectivity index (χ2v) is 5.56. The number of hydrogen-bond acceptors (Lipinski definition) is 5. The minimum Gasteiger partial charge on any atom is -0.368 e. The van der Waals surface area contributed by atoms with E-state index >= 15 is 0 Å². The van der Waals surface area contributed by atoms with Crippen molar-refractivity contribution in [3.8, 4) is 11.1 Å². The summed E-state index contributed by atoms with van der Waals surface area (Å²) in [5, 5.41) is 0.913. The molecule has 1 aliphatic heterocycles. The number of nitrogens with two attached hydrogens (primary N) is 1. The van der Waals surface area contributed by atoms with Gasteiger partial charge in [-0.05, 0) is 24.5 Å². The van der Waals surface area contributed by atoms with Gasteiger partial charge in [-0.15, -0.1) is 0 Å². The average Bonchev–Trinajstić information content (AvgIpc) is 3.09. The van der Waals surface area contributed by atoms with Gasteiger partial charge in [-0.25, -0.2) is 9.97 Å². The summed E-state index contributed by atoms with van der Waals surface area (Å²) in [5.41, 5.74) is 8.65. The summed E-state index contributed by atoms with van der Waals surface area (Å²) in [6, 6.07) is 12.5. The molecule has 0 amide bonds. The number of benzene rings is 1. The number of hydrogen-bond donors (Lipinski definition) is 1. The molecule has 1 saturated heterocycles. The SMILES string of the molecule is Nc1ncc2cc(-c3ccccc3)c(N3CCCC3)nc2n1. The molecule has 0 atom stereocenters. The second-order valence-electron chi connectivity index (χ2n) is 5.56. The van der Waals surface area contributed by atoms with E-state index in [-0.39, 0.29) is 5.95 Å². The zero-order valence-corrected chi connectivity index (χ0v) is 12.2. The van der Waals surface area contributed by atoms with E-state index in [1.54, 1.807) is 6.20 Å². The van der Waals surface area contributed by atoms with Crippen molar-refractivity contribution in [3.63, 3.8) is 0 Å². The Balaban J connectivity index is 1.95. The summed E-state index contributed by atoms with van der Waals surface area (Å²) in [6.07, 6.45) is 4.16. The van der Waals surface area contributed by atoms with Crippen LogP contribution in [-0.4, -0.2) is 28.0 Å². The van der Waals surface area contributed by atoms with Gasteiger partial charge in [0.2, 0.25) is 5.95 Å². The number of nitrogens with zero attached hydrogens (tertiary/aromatic N) is 4. The molecule has 3 heterocycles. The molecule has 1 aliphatic rings. The third-order valence-corrected chi connectivity index (χ3v) is 4.06. The molecule has 110 valence electrons. The molecule has 0 aliphatic carbocycles. The lowest BCUT2D eigenvalue weighted by Gasteiger charge is -2.20. The number of rotatable bonds is 2. The summed E-state index contributed by atoms with van der Waals surface area (Å²) in [7, 11) is 0. The molecule has 0 unspecified atom stereocenters. The van der Waals surface area contributed by atoms with Gasteiger partial charge in [0, 0.05) is 30.2 Å². The standard InChI is InChI=1S/C17H17N5/c18-17-19-11-13-10-14(12-6-2-1-3-7-12)16(20-15(13)21-17)22-8-4-5-9-22/h1-3,6-7,10-11H,4-5,8-9H2,(H2,18,19,20,21). The maximum absolute atomic E-state index is 5.70. The van der Waals surface area contributed by atoms with Crippen molar-refractivity contribution in [2.24, 2.45) is 0 Å². The number of anilines is 2. The van der Waals surface area contributed by atoms with Crippen LogP contribution in [0.25, 0.3) is 22.2 Å². The van der Waals surface area contributed by atoms with E-state index in [0.29, 0.717) is 5.65 Å². The van der Waals surface area contributed by atoms with Crippen LogP contribution in [-0.2, 0) is 0 Å². The highest BCUT2D eigenvalue weighted by molar-refractivity contribution is 5.88. The van der Waals surface area contributed by atoms with Crippen LogP contribution < -0.4 is 10.6 Å². The highest BCUT2D eigenvalue weighted by atomic mass is 15.2. The van der Waals surface area contributed by atoms with Crippen molar-refractivity contribution in [2.75, 3.05) is 23.7 Å². The first-order chi connectivity index (χ1) is 10.8. The van der Waals surface area contributed by atoms with Crippen LogP contribution in [0.3, 0.4) is 0 Å². The maximum atomic E-state index is 5.70. The Labute approximate surface area is 128 Å². The molecule has 1 aromatic carbocycles. The Kier molecular flexibility index (Phi) is 3.11. The molecular weight excluding hydrogens is 274 g/mol. The topological polar surface area (TPSA) is 67.9 Å². The van der Waals surface area contributed by atoms with Gasteiger partial charge in [-0.2, -0.15) is 4.98 Å². The fraction of sp³-hybridized carbons (Fsp3) is 0.235. The molecule has 5 nitrogen and oxygen atoms in total. The van der Waals surface area contributed by atoms with Crippen LogP contribution in [0.15, 0.2) is 42.6 Å². The number of aromatic nitrogens is 3. The van der Waals surface area contributed by atoms with Gasteiger partial charge in [-0.3, -0.25) is 0 Å². The van der Waals surface area contributed by atoms with Gasteiger partial charge in [0.25, 0.3) is 0 Å². The molecule has 22 heavy (non-hydrogen) atoms. The Morgan fingerprint density at radius 2 is 1.77 bits per heavy atom. The monoisotopic (exact) mass is 291 g/mol. The van der Waals surface area contributed by atoms with Gasteiger partial charge in [0.05, 0.1) is 0 Å². The molecule has 2 aromatic heterocycles. The first-order valence-electron chi connectivity index (χ1n) is 7.55. The predicted octanol–water partition coefficient (Wildman–Crippen LogP) is 2.87. The third kappa shape index (κ3) is 2.24. The van der Waals surface area contributed by atoms with Crippen molar-refractivity contribution in [3.05, 3.63) is 42.6 Å². The lowest BCUT2D eigenvalue weighted by molar-refractivity contribution is 0.942. The molecule has 5 heteroatoms. The molecular formula is C17H17N5. The van der Waals surface area contributed by atoms with Gasteiger partial charge in [0.1, 0.15) is 5.82 Å². The summed E-state index contributed by atoms with van der Waals surface area (Å²) < 4.78 is 0. The van der Waals surface area contributed by atoms with Crippen molar-refractivity contribution in [1.82, 2.24) is 15.0 Å². The number of fused-ring (bicyclic) bond motifs is 1. The molecule has 0 radical (unpaired) electrons. The van der Waals surface area contributed by atoms with Crippen LogP contribution in [0.4, 0.5) is 11.8 Å². The molecule has 0 saturated carbocycles. The van der Waals surface area contributed by atoms with Crippen molar-refractivity contribution in [1.29, 1.82) is 0 Å². The molecule has 3 aromatic rings. The fourth-order valence-electron chi connectivity index (χ4n) is 2.97. The third-order valence-electron chi connectivity index (χ3n) is 4.06. The normalized spacial score (nSPS) is 14.6. The fourth-order valence-corrected chi connectivity index (χ4v) is 2.97. The van der Waals surface area contributed by atoms with Crippen molar-refractivity contribution >= 4 is 22.8 Å². The van der Waals surface area contributed by atoms with Crippen LogP contribution in [0.5, 0.6) is 0 Å². The van der Waals surface area contributed by atoms with Gasteiger partial charge >= 0.3 is 0 Å². The smallest absolute Gasteiger partial charge is 0.222 e. The zero-order chi connectivity index (χ0) is 14.9. The van der Waals surface area contributed by atoms with E-state index in [1.165, 1.54) is 12.8 Å². The summed E-state index contributed by atoms with van der Waals surface area (Å²) >= 11 is 0. The second kappa shape index (κ2) is 5.26. The number of nitrogen functional groups attached to an aromatic ring is 1. The molecule has 0 spiro atoms. The Bertz CT molecular complexity index is 810. The van der Waals surface area contributed by atoms with Gasteiger partial charge in [-0.1, -0.05) is 30.3 Å². The number of pyridine rings is 1. The summed E-state index contributed by atoms with van der Waals surface area (Å²) in [4.78, 5) is 15.5. The van der Waals surface area contributed by atoms with Gasteiger partial charge in [0.15, 0.2) is 5.65 Å². The molecule has 0 bridgehead atoms. The van der Waals surface area contributed by atoms with E-state index in [2.05, 4.69) is 33.1 Å². The lowest BCUT2D eigenvalue weighted by atomic mass is 10.1. The highest BCUT2D eigenvalue weighted by Gasteiger charge is 2.19. The predicted molar refractivity (Wildman–Crippen MR) is 88.6 cm³/mol. The van der Waals surface area contributed by atoms with Crippen molar-refractivity contribution < 1.29 is 0 Å². The zero-order valence-electron chi connectivity index (χ0n) is 12.2. The largest absolute Gasteiger partial charge is 0.368 e. The minimum absolute atomic E-state index is 0.264. The Hall–Kier alpha value is -2.69. The first-order valence-corrected chi connectivity index (χ1v) is 7.55.